The van der Waals surface area contributed by atoms with E-state index in [0.717, 1.165) is 0 Å². The average molecular weight is 504 g/mol. The first kappa shape index (κ1) is 31.0. The van der Waals surface area contributed by atoms with Crippen LogP contribution in [0.4, 0.5) is 0 Å². The first-order chi connectivity index (χ1) is 16.1. The molecule has 16 nitrogen and oxygen atoms in total. The molecule has 0 rings (SSSR count). The van der Waals surface area contributed by atoms with Gasteiger partial charge in [-0.1, -0.05) is 13.8 Å². The molecule has 35 heavy (non-hydrogen) atoms. The van der Waals surface area contributed by atoms with Crippen LogP contribution >= 0.6 is 0 Å². The third-order valence-electron chi connectivity index (χ3n) is 4.55. The SMILES string of the molecule is CC(C)C(NC(=O)C(CC(=O)O)NC(=O)C(N)CC(=O)O)C(=O)NC(CCCN=C(N)N)C(=O)O. The van der Waals surface area contributed by atoms with E-state index < -0.39 is 78.6 Å². The maximum absolute atomic E-state index is 12.7. The van der Waals surface area contributed by atoms with E-state index in [-0.39, 0.29) is 25.3 Å². The molecule has 0 saturated carbocycles. The Balaban J connectivity index is 5.40. The number of amides is 3. The minimum absolute atomic E-state index is 0.0181. The number of nitrogens with one attached hydrogen (secondary N) is 3. The van der Waals surface area contributed by atoms with E-state index in [2.05, 4.69) is 20.9 Å². The van der Waals surface area contributed by atoms with Gasteiger partial charge in [-0.2, -0.15) is 0 Å². The van der Waals surface area contributed by atoms with Crippen LogP contribution in [0, 0.1) is 5.92 Å². The van der Waals surface area contributed by atoms with Gasteiger partial charge >= 0.3 is 17.9 Å². The van der Waals surface area contributed by atoms with Crippen molar-refractivity contribution in [3.05, 3.63) is 0 Å². The molecule has 0 aromatic rings. The number of carboxylic acids is 3. The highest BCUT2D eigenvalue weighted by Crippen LogP contribution is 2.07. The van der Waals surface area contributed by atoms with Crippen LogP contribution in [-0.4, -0.2) is 87.6 Å². The van der Waals surface area contributed by atoms with Crippen LogP contribution in [0.25, 0.3) is 0 Å². The van der Waals surface area contributed by atoms with Crippen molar-refractivity contribution in [3.8, 4) is 0 Å². The Morgan fingerprint density at radius 2 is 1.34 bits per heavy atom. The number of carboxylic acid groups (broad SMARTS) is 3. The number of hydrogen-bond acceptors (Lipinski definition) is 8. The number of hydrogen-bond donors (Lipinski definition) is 9. The molecule has 0 aromatic carbocycles. The highest BCUT2D eigenvalue weighted by molar-refractivity contribution is 5.96. The second-order valence-electron chi connectivity index (χ2n) is 7.94. The van der Waals surface area contributed by atoms with Crippen molar-refractivity contribution in [2.24, 2.45) is 28.1 Å². The molecular weight excluding hydrogens is 470 g/mol. The summed E-state index contributed by atoms with van der Waals surface area (Å²) >= 11 is 0. The molecule has 0 aliphatic rings. The molecule has 0 aromatic heterocycles. The van der Waals surface area contributed by atoms with Crippen LogP contribution in [0.1, 0.15) is 39.5 Å². The molecule has 0 heterocycles. The lowest BCUT2D eigenvalue weighted by atomic mass is 10.0. The molecule has 4 unspecified atom stereocenters. The molecule has 0 saturated heterocycles. The second kappa shape index (κ2) is 15.0. The minimum atomic E-state index is -1.68. The Morgan fingerprint density at radius 1 is 0.800 bits per heavy atom. The molecule has 198 valence electrons. The van der Waals surface area contributed by atoms with Gasteiger partial charge in [0.1, 0.15) is 18.1 Å². The van der Waals surface area contributed by atoms with Crippen molar-refractivity contribution in [2.75, 3.05) is 6.54 Å². The Morgan fingerprint density at radius 3 is 1.80 bits per heavy atom. The molecule has 3 amide bonds. The summed E-state index contributed by atoms with van der Waals surface area (Å²) in [6, 6.07) is -5.83. The van der Waals surface area contributed by atoms with Crippen LogP contribution in [0.3, 0.4) is 0 Å². The molecule has 0 bridgehead atoms. The normalized spacial score (nSPS) is 14.1. The summed E-state index contributed by atoms with van der Waals surface area (Å²) in [6.07, 6.45) is -1.43. The van der Waals surface area contributed by atoms with Crippen molar-refractivity contribution in [1.29, 1.82) is 0 Å². The number of nitrogens with zero attached hydrogens (tertiary/aromatic N) is 1. The predicted molar refractivity (Wildman–Crippen MR) is 121 cm³/mol. The number of aliphatic carboxylic acids is 3. The number of guanidine groups is 1. The van der Waals surface area contributed by atoms with E-state index in [1.54, 1.807) is 13.8 Å². The zero-order chi connectivity index (χ0) is 27.3. The fourth-order valence-corrected chi connectivity index (χ4v) is 2.75. The molecule has 0 spiro atoms. The summed E-state index contributed by atoms with van der Waals surface area (Å²) in [4.78, 5) is 74.6. The van der Waals surface area contributed by atoms with Gasteiger partial charge in [0.05, 0.1) is 18.9 Å². The van der Waals surface area contributed by atoms with Crippen LogP contribution in [0.5, 0.6) is 0 Å². The fourth-order valence-electron chi connectivity index (χ4n) is 2.75. The number of rotatable bonds is 16. The van der Waals surface area contributed by atoms with Gasteiger partial charge in [0, 0.05) is 6.54 Å². The van der Waals surface area contributed by atoms with Crippen molar-refractivity contribution < 1.29 is 44.1 Å². The topological polar surface area (TPSA) is 290 Å². The highest BCUT2D eigenvalue weighted by atomic mass is 16.4. The molecular formula is C19H33N7O9. The lowest BCUT2D eigenvalue weighted by Crippen LogP contribution is -2.58. The van der Waals surface area contributed by atoms with Gasteiger partial charge in [-0.15, -0.1) is 0 Å². The summed E-state index contributed by atoms with van der Waals surface area (Å²) in [7, 11) is 0. The van der Waals surface area contributed by atoms with Crippen molar-refractivity contribution in [3.63, 3.8) is 0 Å². The van der Waals surface area contributed by atoms with Crippen LogP contribution in [0.2, 0.25) is 0 Å². The molecule has 0 aliphatic carbocycles. The van der Waals surface area contributed by atoms with Gasteiger partial charge in [0.15, 0.2) is 5.96 Å². The maximum atomic E-state index is 12.7. The predicted octanol–water partition coefficient (Wildman–Crippen LogP) is -3.49. The average Bonchev–Trinajstić information content (AvgIpc) is 2.71. The van der Waals surface area contributed by atoms with Gasteiger partial charge in [-0.3, -0.25) is 29.0 Å². The van der Waals surface area contributed by atoms with Crippen molar-refractivity contribution in [2.45, 2.75) is 63.7 Å². The lowest BCUT2D eigenvalue weighted by Gasteiger charge is -2.26. The Labute approximate surface area is 200 Å². The Kier molecular flexibility index (Phi) is 13.4. The van der Waals surface area contributed by atoms with E-state index in [9.17, 15) is 33.9 Å². The smallest absolute Gasteiger partial charge is 0.326 e. The van der Waals surface area contributed by atoms with Gasteiger partial charge in [-0.25, -0.2) is 4.79 Å². The van der Waals surface area contributed by atoms with Gasteiger partial charge in [0.2, 0.25) is 17.7 Å². The molecule has 4 atom stereocenters. The quantitative estimate of drug-likeness (QED) is 0.0563. The fraction of sp³-hybridized carbons (Fsp3) is 0.632. The third kappa shape index (κ3) is 12.8. The summed E-state index contributed by atoms with van der Waals surface area (Å²) in [5, 5.41) is 33.8. The maximum Gasteiger partial charge on any atom is 0.326 e. The van der Waals surface area contributed by atoms with Crippen molar-refractivity contribution in [1.82, 2.24) is 16.0 Å². The summed E-state index contributed by atoms with van der Waals surface area (Å²) < 4.78 is 0. The van der Waals surface area contributed by atoms with E-state index in [1.807, 2.05) is 0 Å². The van der Waals surface area contributed by atoms with E-state index in [0.29, 0.717) is 0 Å². The molecule has 0 radical (unpaired) electrons. The summed E-state index contributed by atoms with van der Waals surface area (Å²) in [6.45, 7) is 3.23. The van der Waals surface area contributed by atoms with Crippen LogP contribution in [0.15, 0.2) is 4.99 Å². The zero-order valence-electron chi connectivity index (χ0n) is 19.4. The van der Waals surface area contributed by atoms with Crippen LogP contribution in [-0.2, 0) is 28.8 Å². The largest absolute Gasteiger partial charge is 0.481 e. The number of aliphatic imine (C=N–C) groups is 1. The number of carbonyl (C=O) groups excluding carboxylic acids is 3. The molecule has 12 N–H and O–H groups in total. The highest BCUT2D eigenvalue weighted by Gasteiger charge is 2.33. The van der Waals surface area contributed by atoms with E-state index in [1.165, 1.54) is 0 Å². The lowest BCUT2D eigenvalue weighted by molar-refractivity contribution is -0.144. The first-order valence-electron chi connectivity index (χ1n) is 10.5. The molecule has 0 fully saturated rings. The first-order valence-corrected chi connectivity index (χ1v) is 10.5. The standard InChI is InChI=1S/C19H33N7O9/c1-8(2)14(17(33)24-10(18(34)35)4-3-5-23-19(21)22)26-16(32)11(7-13(29)30)25-15(31)9(20)6-12(27)28/h8-11,14H,3-7,20H2,1-2H3,(H,24,33)(H,25,31)(H,26,32)(H,27,28)(H,29,30)(H,34,35)(H4,21,22,23). The number of carbonyl (C=O) groups is 6. The Bertz CT molecular complexity index is 827. The minimum Gasteiger partial charge on any atom is -0.481 e. The van der Waals surface area contributed by atoms with Crippen LogP contribution < -0.4 is 33.2 Å². The number of nitrogens with two attached hydrogens (primary N) is 3. The third-order valence-corrected chi connectivity index (χ3v) is 4.55. The second-order valence-corrected chi connectivity index (χ2v) is 7.94. The molecule has 0 aliphatic heterocycles. The molecule has 16 heteroatoms. The van der Waals surface area contributed by atoms with Gasteiger partial charge in [0.25, 0.3) is 0 Å². The van der Waals surface area contributed by atoms with Gasteiger partial charge in [-0.05, 0) is 18.8 Å². The van der Waals surface area contributed by atoms with Gasteiger partial charge < -0.3 is 48.5 Å². The van der Waals surface area contributed by atoms with E-state index >= 15 is 0 Å². The van der Waals surface area contributed by atoms with Crippen molar-refractivity contribution >= 4 is 41.6 Å². The van der Waals surface area contributed by atoms with E-state index in [4.69, 9.17) is 27.4 Å². The Hall–Kier alpha value is -3.95. The zero-order valence-corrected chi connectivity index (χ0v) is 19.4. The monoisotopic (exact) mass is 503 g/mol. The summed E-state index contributed by atoms with van der Waals surface area (Å²) in [5.41, 5.74) is 15.8. The summed E-state index contributed by atoms with van der Waals surface area (Å²) in [5.74, 6) is -7.90.